The van der Waals surface area contributed by atoms with Crippen molar-refractivity contribution in [2.45, 2.75) is 46.1 Å². The fourth-order valence-corrected chi connectivity index (χ4v) is 4.33. The zero-order valence-corrected chi connectivity index (χ0v) is 21.3. The number of fused-ring (bicyclic) bond motifs is 1. The summed E-state index contributed by atoms with van der Waals surface area (Å²) in [7, 11) is 0. The van der Waals surface area contributed by atoms with Gasteiger partial charge >= 0.3 is 0 Å². The molecule has 0 saturated carbocycles. The van der Waals surface area contributed by atoms with Crippen LogP contribution in [-0.2, 0) is 5.41 Å². The van der Waals surface area contributed by atoms with Gasteiger partial charge in [-0.1, -0.05) is 84.7 Å². The van der Waals surface area contributed by atoms with E-state index in [2.05, 4.69) is 85.3 Å². The molecule has 0 aliphatic carbocycles. The number of rotatable bonds is 4. The standard InChI is InChI=1S/C29H29BrN2O/c1-18-7-6-8-21(15-18)27-17-25(24-16-23(30)13-14-26(24)32-27)28(33)31-19(2)20-9-11-22(12-10-20)29(3,4)5/h6-17,19H,1-5H3,(H,31,33). The van der Waals surface area contributed by atoms with E-state index in [0.29, 0.717) is 5.56 Å². The third kappa shape index (κ3) is 5.17. The molecule has 168 valence electrons. The van der Waals surface area contributed by atoms with Crippen LogP contribution in [-0.4, -0.2) is 10.9 Å². The monoisotopic (exact) mass is 500 g/mol. The van der Waals surface area contributed by atoms with Crippen molar-refractivity contribution in [1.82, 2.24) is 10.3 Å². The van der Waals surface area contributed by atoms with Crippen LogP contribution in [0.15, 0.2) is 77.3 Å². The van der Waals surface area contributed by atoms with Crippen LogP contribution in [0.4, 0.5) is 0 Å². The molecule has 1 aromatic heterocycles. The van der Waals surface area contributed by atoms with E-state index in [-0.39, 0.29) is 17.4 Å². The summed E-state index contributed by atoms with van der Waals surface area (Å²) in [5.74, 6) is -0.109. The summed E-state index contributed by atoms with van der Waals surface area (Å²) in [5, 5.41) is 4.02. The van der Waals surface area contributed by atoms with Gasteiger partial charge in [0.25, 0.3) is 5.91 Å². The highest BCUT2D eigenvalue weighted by Crippen LogP contribution is 2.29. The van der Waals surface area contributed by atoms with Crippen LogP contribution in [0.2, 0.25) is 0 Å². The van der Waals surface area contributed by atoms with Crippen molar-refractivity contribution in [1.29, 1.82) is 0 Å². The molecule has 0 fully saturated rings. The summed E-state index contributed by atoms with van der Waals surface area (Å²) in [6.07, 6.45) is 0. The van der Waals surface area contributed by atoms with Gasteiger partial charge in [-0.05, 0) is 60.7 Å². The number of amides is 1. The van der Waals surface area contributed by atoms with Gasteiger partial charge < -0.3 is 5.32 Å². The van der Waals surface area contributed by atoms with Gasteiger partial charge in [0.1, 0.15) is 0 Å². The van der Waals surface area contributed by atoms with E-state index in [0.717, 1.165) is 37.8 Å². The Morgan fingerprint density at radius 1 is 0.970 bits per heavy atom. The summed E-state index contributed by atoms with van der Waals surface area (Å²) in [5.41, 5.74) is 6.82. The van der Waals surface area contributed by atoms with Crippen LogP contribution in [0.25, 0.3) is 22.2 Å². The molecule has 33 heavy (non-hydrogen) atoms. The first-order valence-electron chi connectivity index (χ1n) is 11.2. The molecule has 4 aromatic rings. The third-order valence-corrected chi connectivity index (χ3v) is 6.45. The second-order valence-corrected chi connectivity index (χ2v) is 10.6. The Balaban J connectivity index is 1.70. The zero-order valence-electron chi connectivity index (χ0n) is 19.7. The van der Waals surface area contributed by atoms with Gasteiger partial charge in [0.05, 0.1) is 22.8 Å². The molecular weight excluding hydrogens is 472 g/mol. The number of hydrogen-bond donors (Lipinski definition) is 1. The molecule has 0 aliphatic rings. The van der Waals surface area contributed by atoms with Crippen LogP contribution < -0.4 is 5.32 Å². The molecule has 0 spiro atoms. The minimum absolute atomic E-state index is 0.0978. The molecule has 0 radical (unpaired) electrons. The van der Waals surface area contributed by atoms with Gasteiger partial charge in [0.2, 0.25) is 0 Å². The minimum Gasteiger partial charge on any atom is -0.345 e. The maximum Gasteiger partial charge on any atom is 0.252 e. The number of hydrogen-bond acceptors (Lipinski definition) is 2. The van der Waals surface area contributed by atoms with Gasteiger partial charge in [-0.3, -0.25) is 4.79 Å². The molecule has 1 atom stereocenters. The summed E-state index contributed by atoms with van der Waals surface area (Å²) < 4.78 is 0.917. The van der Waals surface area contributed by atoms with E-state index in [1.807, 2.05) is 43.3 Å². The van der Waals surface area contributed by atoms with E-state index in [9.17, 15) is 4.79 Å². The molecule has 4 heteroatoms. The summed E-state index contributed by atoms with van der Waals surface area (Å²) in [6, 6.07) is 24.3. The number of nitrogens with one attached hydrogen (secondary N) is 1. The molecule has 1 amide bonds. The molecule has 1 heterocycles. The largest absolute Gasteiger partial charge is 0.345 e. The quantitative estimate of drug-likeness (QED) is 0.311. The smallest absolute Gasteiger partial charge is 0.252 e. The van der Waals surface area contributed by atoms with Crippen molar-refractivity contribution in [2.75, 3.05) is 0 Å². The number of benzene rings is 3. The number of aromatic nitrogens is 1. The predicted molar refractivity (Wildman–Crippen MR) is 141 cm³/mol. The first-order chi connectivity index (χ1) is 15.6. The summed E-state index contributed by atoms with van der Waals surface area (Å²) in [6.45, 7) is 10.7. The van der Waals surface area contributed by atoms with E-state index in [1.54, 1.807) is 0 Å². The van der Waals surface area contributed by atoms with Gasteiger partial charge in [-0.25, -0.2) is 4.98 Å². The molecule has 1 N–H and O–H groups in total. The fourth-order valence-electron chi connectivity index (χ4n) is 3.97. The Kier molecular flexibility index (Phi) is 6.40. The van der Waals surface area contributed by atoms with E-state index in [1.165, 1.54) is 5.56 Å². The Morgan fingerprint density at radius 2 is 1.70 bits per heavy atom. The molecule has 3 nitrogen and oxygen atoms in total. The lowest BCUT2D eigenvalue weighted by Gasteiger charge is -2.21. The lowest BCUT2D eigenvalue weighted by atomic mass is 9.86. The normalized spacial score (nSPS) is 12.5. The lowest BCUT2D eigenvalue weighted by molar-refractivity contribution is 0.0941. The topological polar surface area (TPSA) is 42.0 Å². The zero-order chi connectivity index (χ0) is 23.8. The van der Waals surface area contributed by atoms with Crippen LogP contribution in [0, 0.1) is 6.92 Å². The lowest BCUT2D eigenvalue weighted by Crippen LogP contribution is -2.27. The molecule has 0 bridgehead atoms. The average molecular weight is 501 g/mol. The number of halogens is 1. The SMILES string of the molecule is Cc1cccc(-c2cc(C(=O)NC(C)c3ccc(C(C)(C)C)cc3)c3cc(Br)ccc3n2)c1. The summed E-state index contributed by atoms with van der Waals surface area (Å²) >= 11 is 3.54. The van der Waals surface area contributed by atoms with Crippen LogP contribution in [0.3, 0.4) is 0 Å². The van der Waals surface area contributed by atoms with Crippen molar-refractivity contribution in [3.8, 4) is 11.3 Å². The first kappa shape index (κ1) is 23.2. The van der Waals surface area contributed by atoms with Crippen molar-refractivity contribution < 1.29 is 4.79 Å². The molecular formula is C29H29BrN2O. The molecule has 4 rings (SSSR count). The van der Waals surface area contributed by atoms with Crippen LogP contribution >= 0.6 is 15.9 Å². The number of carbonyl (C=O) groups is 1. The predicted octanol–water partition coefficient (Wildman–Crippen LogP) is 7.76. The molecule has 0 aliphatic heterocycles. The number of carbonyl (C=O) groups excluding carboxylic acids is 1. The van der Waals surface area contributed by atoms with Crippen molar-refractivity contribution >= 4 is 32.7 Å². The van der Waals surface area contributed by atoms with Crippen molar-refractivity contribution in [3.05, 3.63) is 99.5 Å². The Labute approximate surface area is 204 Å². The van der Waals surface area contributed by atoms with Gasteiger partial charge in [0, 0.05) is 15.4 Å². The second-order valence-electron chi connectivity index (χ2n) is 9.65. The van der Waals surface area contributed by atoms with E-state index in [4.69, 9.17) is 4.98 Å². The van der Waals surface area contributed by atoms with Gasteiger partial charge in [-0.15, -0.1) is 0 Å². The number of aryl methyl sites for hydroxylation is 1. The highest BCUT2D eigenvalue weighted by molar-refractivity contribution is 9.10. The van der Waals surface area contributed by atoms with Crippen LogP contribution in [0.1, 0.15) is 60.8 Å². The Hall–Kier alpha value is -2.98. The maximum atomic E-state index is 13.5. The van der Waals surface area contributed by atoms with Crippen molar-refractivity contribution in [2.24, 2.45) is 0 Å². The van der Waals surface area contributed by atoms with E-state index >= 15 is 0 Å². The number of pyridine rings is 1. The van der Waals surface area contributed by atoms with Crippen molar-refractivity contribution in [3.63, 3.8) is 0 Å². The molecule has 0 saturated heterocycles. The van der Waals surface area contributed by atoms with Gasteiger partial charge in [0.15, 0.2) is 0 Å². The summed E-state index contributed by atoms with van der Waals surface area (Å²) in [4.78, 5) is 18.3. The van der Waals surface area contributed by atoms with Gasteiger partial charge in [-0.2, -0.15) is 0 Å². The highest BCUT2D eigenvalue weighted by atomic mass is 79.9. The second kappa shape index (κ2) is 9.11. The van der Waals surface area contributed by atoms with Crippen LogP contribution in [0.5, 0.6) is 0 Å². The third-order valence-electron chi connectivity index (χ3n) is 5.95. The minimum atomic E-state index is -0.121. The fraction of sp³-hybridized carbons (Fsp3) is 0.241. The van der Waals surface area contributed by atoms with E-state index < -0.39 is 0 Å². The Morgan fingerprint density at radius 3 is 2.36 bits per heavy atom. The average Bonchev–Trinajstić information content (AvgIpc) is 2.77. The Bertz CT molecular complexity index is 1320. The highest BCUT2D eigenvalue weighted by Gasteiger charge is 2.18. The number of nitrogens with zero attached hydrogens (tertiary/aromatic N) is 1. The first-order valence-corrected chi connectivity index (χ1v) is 12.0. The molecule has 3 aromatic carbocycles. The maximum absolute atomic E-state index is 13.5. The molecule has 1 unspecified atom stereocenters.